The lowest BCUT2D eigenvalue weighted by molar-refractivity contribution is 0.219. The van der Waals surface area contributed by atoms with E-state index in [0.717, 1.165) is 16.5 Å². The van der Waals surface area contributed by atoms with E-state index < -0.39 is 0 Å². The van der Waals surface area contributed by atoms with E-state index in [0.29, 0.717) is 6.04 Å². The van der Waals surface area contributed by atoms with Gasteiger partial charge in [-0.1, -0.05) is 18.5 Å². The normalized spacial score (nSPS) is 17.4. The van der Waals surface area contributed by atoms with Gasteiger partial charge in [-0.3, -0.25) is 0 Å². The van der Waals surface area contributed by atoms with E-state index in [-0.39, 0.29) is 0 Å². The van der Waals surface area contributed by atoms with E-state index in [9.17, 15) is 0 Å². The number of piperidine rings is 1. The van der Waals surface area contributed by atoms with Gasteiger partial charge >= 0.3 is 0 Å². The molecule has 1 heterocycles. The first-order valence-electron chi connectivity index (χ1n) is 7.05. The molecule has 0 aromatic heterocycles. The quantitative estimate of drug-likeness (QED) is 0.892. The third-order valence-electron chi connectivity index (χ3n) is 3.65. The number of hydrogen-bond donors (Lipinski definition) is 1. The molecular weight excluding hydrogens is 260 g/mol. The summed E-state index contributed by atoms with van der Waals surface area (Å²) in [4.78, 5) is 2.54. The number of likely N-dealkylation sites (tertiary alicyclic amines) is 1. The van der Waals surface area contributed by atoms with Crippen LogP contribution in [0.5, 0.6) is 5.75 Å². The summed E-state index contributed by atoms with van der Waals surface area (Å²) in [5.74, 6) is 0.861. The van der Waals surface area contributed by atoms with E-state index in [1.54, 1.807) is 7.11 Å². The molecule has 1 aromatic carbocycles. The molecule has 1 aromatic rings. The number of anilines is 1. The van der Waals surface area contributed by atoms with Crippen molar-refractivity contribution < 1.29 is 4.74 Å². The van der Waals surface area contributed by atoms with Crippen LogP contribution in [0.15, 0.2) is 18.2 Å². The predicted octanol–water partition coefficient (Wildman–Crippen LogP) is 3.63. The van der Waals surface area contributed by atoms with Crippen LogP contribution in [0.2, 0.25) is 5.02 Å². The molecule has 4 heteroatoms. The molecule has 3 nitrogen and oxygen atoms in total. The third-order valence-corrected chi connectivity index (χ3v) is 3.88. The monoisotopic (exact) mass is 282 g/mol. The Bertz CT molecular complexity index is 403. The van der Waals surface area contributed by atoms with Crippen LogP contribution in [0.1, 0.15) is 26.2 Å². The number of methoxy groups -OCH3 is 1. The molecule has 0 saturated carbocycles. The molecule has 1 aliphatic rings. The van der Waals surface area contributed by atoms with Crippen molar-refractivity contribution in [3.05, 3.63) is 23.2 Å². The van der Waals surface area contributed by atoms with Crippen LogP contribution >= 0.6 is 11.6 Å². The van der Waals surface area contributed by atoms with E-state index in [1.165, 1.54) is 38.9 Å². The zero-order valence-corrected chi connectivity index (χ0v) is 12.5. The fourth-order valence-electron chi connectivity index (χ4n) is 2.63. The summed E-state index contributed by atoms with van der Waals surface area (Å²) in [6.07, 6.45) is 3.59. The zero-order chi connectivity index (χ0) is 13.7. The van der Waals surface area contributed by atoms with Crippen molar-refractivity contribution in [3.63, 3.8) is 0 Å². The highest BCUT2D eigenvalue weighted by Gasteiger charge is 2.19. The Morgan fingerprint density at radius 3 is 2.74 bits per heavy atom. The van der Waals surface area contributed by atoms with Crippen LogP contribution in [0, 0.1) is 0 Å². The summed E-state index contributed by atoms with van der Waals surface area (Å²) in [5, 5.41) is 4.31. The van der Waals surface area contributed by atoms with Crippen LogP contribution in [0.3, 0.4) is 0 Å². The molecule has 1 fully saturated rings. The van der Waals surface area contributed by atoms with Crippen molar-refractivity contribution in [3.8, 4) is 5.75 Å². The average molecular weight is 283 g/mol. The van der Waals surface area contributed by atoms with Gasteiger partial charge in [-0.15, -0.1) is 0 Å². The Morgan fingerprint density at radius 2 is 2.11 bits per heavy atom. The van der Waals surface area contributed by atoms with Gasteiger partial charge in [-0.25, -0.2) is 0 Å². The van der Waals surface area contributed by atoms with Gasteiger partial charge in [0.15, 0.2) is 0 Å². The highest BCUT2D eigenvalue weighted by atomic mass is 35.5. The summed E-state index contributed by atoms with van der Waals surface area (Å²) >= 11 is 6.05. The second-order valence-corrected chi connectivity index (χ2v) is 5.54. The molecule has 0 amide bonds. The van der Waals surface area contributed by atoms with Crippen molar-refractivity contribution in [2.75, 3.05) is 32.1 Å². The van der Waals surface area contributed by atoms with E-state index in [1.807, 2.05) is 18.2 Å². The third kappa shape index (κ3) is 4.02. The molecule has 0 aliphatic carbocycles. The number of ether oxygens (including phenoxy) is 1. The van der Waals surface area contributed by atoms with Gasteiger partial charge in [-0.05, 0) is 44.0 Å². The zero-order valence-electron chi connectivity index (χ0n) is 11.8. The highest BCUT2D eigenvalue weighted by molar-refractivity contribution is 6.30. The fourth-order valence-corrected chi connectivity index (χ4v) is 2.80. The standard InChI is InChI=1S/C15H23ClN2O/c1-3-8-18-9-6-13(7-10-18)17-14-11-12(16)4-5-15(14)19-2/h4-5,11,13,17H,3,6-10H2,1-2H3. The summed E-state index contributed by atoms with van der Waals surface area (Å²) < 4.78 is 5.37. The van der Waals surface area contributed by atoms with E-state index in [2.05, 4.69) is 17.1 Å². The Kier molecular flexibility index (Phi) is 5.34. The van der Waals surface area contributed by atoms with Gasteiger partial charge in [0.25, 0.3) is 0 Å². The minimum Gasteiger partial charge on any atom is -0.495 e. The predicted molar refractivity (Wildman–Crippen MR) is 81.4 cm³/mol. The molecule has 0 radical (unpaired) electrons. The van der Waals surface area contributed by atoms with Crippen molar-refractivity contribution in [2.24, 2.45) is 0 Å². The molecule has 0 spiro atoms. The highest BCUT2D eigenvalue weighted by Crippen LogP contribution is 2.29. The Labute approximate surface area is 120 Å². The molecule has 0 unspecified atom stereocenters. The number of nitrogens with one attached hydrogen (secondary N) is 1. The second kappa shape index (κ2) is 7.01. The minimum absolute atomic E-state index is 0.514. The largest absolute Gasteiger partial charge is 0.495 e. The second-order valence-electron chi connectivity index (χ2n) is 5.10. The number of benzene rings is 1. The summed E-state index contributed by atoms with van der Waals surface area (Å²) in [6, 6.07) is 6.23. The lowest BCUT2D eigenvalue weighted by atomic mass is 10.0. The molecule has 19 heavy (non-hydrogen) atoms. The topological polar surface area (TPSA) is 24.5 Å². The van der Waals surface area contributed by atoms with E-state index in [4.69, 9.17) is 16.3 Å². The molecular formula is C15H23ClN2O. The first-order valence-corrected chi connectivity index (χ1v) is 7.43. The Morgan fingerprint density at radius 1 is 1.37 bits per heavy atom. The van der Waals surface area contributed by atoms with Crippen LogP contribution in [-0.2, 0) is 0 Å². The molecule has 0 bridgehead atoms. The summed E-state index contributed by atoms with van der Waals surface area (Å²) in [5.41, 5.74) is 1.00. The lowest BCUT2D eigenvalue weighted by Crippen LogP contribution is -2.39. The van der Waals surface area contributed by atoms with Crippen molar-refractivity contribution in [1.29, 1.82) is 0 Å². The fraction of sp³-hybridized carbons (Fsp3) is 0.600. The van der Waals surface area contributed by atoms with Crippen LogP contribution in [0.25, 0.3) is 0 Å². The van der Waals surface area contributed by atoms with Gasteiger partial charge in [-0.2, -0.15) is 0 Å². The van der Waals surface area contributed by atoms with Gasteiger partial charge in [0, 0.05) is 24.2 Å². The maximum atomic E-state index is 6.05. The Hall–Kier alpha value is -0.930. The van der Waals surface area contributed by atoms with Gasteiger partial charge < -0.3 is 15.0 Å². The van der Waals surface area contributed by atoms with Crippen LogP contribution in [-0.4, -0.2) is 37.7 Å². The molecule has 1 saturated heterocycles. The van der Waals surface area contributed by atoms with Crippen molar-refractivity contribution in [1.82, 2.24) is 4.90 Å². The molecule has 0 atom stereocenters. The molecule has 1 N–H and O–H groups in total. The van der Waals surface area contributed by atoms with Gasteiger partial charge in [0.05, 0.1) is 12.8 Å². The first kappa shape index (κ1) is 14.5. The van der Waals surface area contributed by atoms with Crippen LogP contribution < -0.4 is 10.1 Å². The Balaban J connectivity index is 1.93. The SMILES string of the molecule is CCCN1CCC(Nc2cc(Cl)ccc2OC)CC1. The number of nitrogens with zero attached hydrogens (tertiary/aromatic N) is 1. The summed E-state index contributed by atoms with van der Waals surface area (Å²) in [7, 11) is 1.69. The smallest absolute Gasteiger partial charge is 0.142 e. The number of rotatable bonds is 5. The first-order chi connectivity index (χ1) is 9.22. The number of hydrogen-bond acceptors (Lipinski definition) is 3. The molecule has 2 rings (SSSR count). The summed E-state index contributed by atoms with van der Waals surface area (Å²) in [6.45, 7) is 5.80. The maximum absolute atomic E-state index is 6.05. The van der Waals surface area contributed by atoms with Crippen molar-refractivity contribution in [2.45, 2.75) is 32.2 Å². The van der Waals surface area contributed by atoms with E-state index >= 15 is 0 Å². The van der Waals surface area contributed by atoms with Gasteiger partial charge in [0.1, 0.15) is 5.75 Å². The molecule has 106 valence electrons. The maximum Gasteiger partial charge on any atom is 0.142 e. The lowest BCUT2D eigenvalue weighted by Gasteiger charge is -2.32. The molecule has 1 aliphatic heterocycles. The van der Waals surface area contributed by atoms with Crippen molar-refractivity contribution >= 4 is 17.3 Å². The van der Waals surface area contributed by atoms with Gasteiger partial charge in [0.2, 0.25) is 0 Å². The number of halogens is 1. The van der Waals surface area contributed by atoms with Crippen LogP contribution in [0.4, 0.5) is 5.69 Å². The minimum atomic E-state index is 0.514. The average Bonchev–Trinajstić information content (AvgIpc) is 2.42.